The molecule has 25 heavy (non-hydrogen) atoms. The van der Waals surface area contributed by atoms with Gasteiger partial charge in [0.15, 0.2) is 11.5 Å². The van der Waals surface area contributed by atoms with Crippen molar-refractivity contribution in [2.24, 2.45) is 0 Å². The third-order valence-electron chi connectivity index (χ3n) is 4.20. The molecule has 2 amide bonds. The first kappa shape index (κ1) is 17.6. The summed E-state index contributed by atoms with van der Waals surface area (Å²) in [7, 11) is 4.02. The fourth-order valence-corrected chi connectivity index (χ4v) is 3.36. The quantitative estimate of drug-likeness (QED) is 0.795. The van der Waals surface area contributed by atoms with Gasteiger partial charge in [0.05, 0.1) is 0 Å². The molecule has 1 aliphatic rings. The van der Waals surface area contributed by atoms with E-state index in [2.05, 4.69) is 15.5 Å². The first-order chi connectivity index (χ1) is 12.1. The zero-order valence-corrected chi connectivity index (χ0v) is 15.3. The first-order valence-electron chi connectivity index (χ1n) is 8.20. The van der Waals surface area contributed by atoms with E-state index < -0.39 is 0 Å². The molecule has 3 rings (SSSR count). The van der Waals surface area contributed by atoms with Crippen LogP contribution in [0.25, 0.3) is 0 Å². The molecular weight excluding hydrogens is 338 g/mol. The molecule has 1 atom stereocenters. The summed E-state index contributed by atoms with van der Waals surface area (Å²) >= 11 is 1.62. The largest absolute Gasteiger partial charge is 0.454 e. The van der Waals surface area contributed by atoms with E-state index in [0.29, 0.717) is 13.1 Å². The number of urea groups is 1. The normalized spacial score (nSPS) is 13.7. The number of thiophene rings is 1. The Kier molecular flexibility index (Phi) is 5.78. The van der Waals surface area contributed by atoms with Crippen LogP contribution in [0.4, 0.5) is 4.79 Å². The summed E-state index contributed by atoms with van der Waals surface area (Å²) in [6.07, 6.45) is 0.768. The molecule has 0 saturated carbocycles. The Bertz CT molecular complexity index is 704. The predicted octanol–water partition coefficient (Wildman–Crippen LogP) is 2.45. The maximum Gasteiger partial charge on any atom is 0.315 e. The number of likely N-dealkylation sites (N-methyl/N-ethyl adjacent to an activating group) is 1. The topological polar surface area (TPSA) is 62.8 Å². The van der Waals surface area contributed by atoms with Gasteiger partial charge in [0.1, 0.15) is 0 Å². The highest BCUT2D eigenvalue weighted by atomic mass is 32.1. The average molecular weight is 361 g/mol. The minimum atomic E-state index is -0.157. The van der Waals surface area contributed by atoms with Crippen molar-refractivity contribution < 1.29 is 14.3 Å². The van der Waals surface area contributed by atoms with Crippen molar-refractivity contribution in [3.8, 4) is 11.5 Å². The van der Waals surface area contributed by atoms with Crippen LogP contribution in [0.5, 0.6) is 11.5 Å². The Hall–Kier alpha value is -2.25. The fraction of sp³-hybridized carbons (Fsp3) is 0.389. The molecule has 0 radical (unpaired) electrons. The highest BCUT2D eigenvalue weighted by Gasteiger charge is 2.21. The van der Waals surface area contributed by atoms with Crippen molar-refractivity contribution in [1.82, 2.24) is 15.5 Å². The molecule has 2 N–H and O–H groups in total. The number of nitrogens with zero attached hydrogens (tertiary/aromatic N) is 1. The second-order valence-corrected chi connectivity index (χ2v) is 6.95. The summed E-state index contributed by atoms with van der Waals surface area (Å²) in [5.41, 5.74) is 2.20. The molecule has 0 bridgehead atoms. The van der Waals surface area contributed by atoms with E-state index >= 15 is 0 Å². The van der Waals surface area contributed by atoms with Crippen molar-refractivity contribution >= 4 is 17.4 Å². The monoisotopic (exact) mass is 361 g/mol. The summed E-state index contributed by atoms with van der Waals surface area (Å²) in [6, 6.07) is 7.92. The van der Waals surface area contributed by atoms with Gasteiger partial charge in [-0.25, -0.2) is 4.79 Å². The van der Waals surface area contributed by atoms with E-state index in [1.807, 2.05) is 49.1 Å². The van der Waals surface area contributed by atoms with E-state index in [-0.39, 0.29) is 18.9 Å². The molecule has 2 aromatic rings. The maximum absolute atomic E-state index is 12.0. The smallest absolute Gasteiger partial charge is 0.315 e. The Morgan fingerprint density at radius 3 is 2.92 bits per heavy atom. The summed E-state index contributed by atoms with van der Waals surface area (Å²) < 4.78 is 11.0. The third-order valence-corrected chi connectivity index (χ3v) is 4.93. The van der Waals surface area contributed by atoms with Crippen LogP contribution < -0.4 is 20.1 Å². The van der Waals surface area contributed by atoms with Crippen molar-refractivity contribution in [2.75, 3.05) is 27.4 Å². The standard InChI is InChI=1S/C18H23N3O3S/c1-21(2)15(8-14-4-3-5-16-17(14)24-12-23-16)10-20-18(22)19-9-13-6-7-25-11-13/h3-7,11,15H,8-10,12H2,1-2H3,(H2,19,20,22)/t15-/m0/s1. The number of carbonyl (C=O) groups is 1. The molecule has 1 aliphatic heterocycles. The third kappa shape index (κ3) is 4.64. The van der Waals surface area contributed by atoms with Crippen LogP contribution in [0.1, 0.15) is 11.1 Å². The van der Waals surface area contributed by atoms with Crippen LogP contribution in [0.15, 0.2) is 35.0 Å². The second kappa shape index (κ2) is 8.22. The van der Waals surface area contributed by atoms with Crippen LogP contribution in [0.3, 0.4) is 0 Å². The highest BCUT2D eigenvalue weighted by Crippen LogP contribution is 2.36. The van der Waals surface area contributed by atoms with E-state index in [4.69, 9.17) is 9.47 Å². The van der Waals surface area contributed by atoms with Gasteiger partial charge in [-0.2, -0.15) is 11.3 Å². The molecule has 7 heteroatoms. The Balaban J connectivity index is 1.53. The lowest BCUT2D eigenvalue weighted by Gasteiger charge is -2.25. The zero-order chi connectivity index (χ0) is 17.6. The van der Waals surface area contributed by atoms with Crippen LogP contribution in [0, 0.1) is 0 Å². The Morgan fingerprint density at radius 1 is 1.28 bits per heavy atom. The summed E-state index contributed by atoms with van der Waals surface area (Å²) in [5, 5.41) is 9.86. The van der Waals surface area contributed by atoms with Gasteiger partial charge in [-0.15, -0.1) is 0 Å². The number of benzene rings is 1. The lowest BCUT2D eigenvalue weighted by Crippen LogP contribution is -2.44. The number of hydrogen-bond acceptors (Lipinski definition) is 5. The van der Waals surface area contributed by atoms with Crippen molar-refractivity contribution in [2.45, 2.75) is 19.0 Å². The van der Waals surface area contributed by atoms with E-state index in [9.17, 15) is 4.79 Å². The summed E-state index contributed by atoms with van der Waals surface area (Å²) in [5.74, 6) is 1.60. The molecule has 134 valence electrons. The molecule has 0 unspecified atom stereocenters. The van der Waals surface area contributed by atoms with Gasteiger partial charge in [0.25, 0.3) is 0 Å². The highest BCUT2D eigenvalue weighted by molar-refractivity contribution is 7.07. The number of rotatable bonds is 7. The average Bonchev–Trinajstić information content (AvgIpc) is 3.27. The second-order valence-electron chi connectivity index (χ2n) is 6.17. The van der Waals surface area contributed by atoms with Gasteiger partial charge in [-0.1, -0.05) is 12.1 Å². The number of para-hydroxylation sites is 1. The zero-order valence-electron chi connectivity index (χ0n) is 14.5. The molecule has 1 aromatic heterocycles. The summed E-state index contributed by atoms with van der Waals surface area (Å²) in [6.45, 7) is 1.36. The predicted molar refractivity (Wildman–Crippen MR) is 98.3 cm³/mol. The Morgan fingerprint density at radius 2 is 2.16 bits per heavy atom. The van der Waals surface area contributed by atoms with Gasteiger partial charge < -0.3 is 25.0 Å². The van der Waals surface area contributed by atoms with Crippen molar-refractivity contribution in [3.05, 3.63) is 46.2 Å². The molecule has 0 spiro atoms. The van der Waals surface area contributed by atoms with Gasteiger partial charge in [-0.05, 0) is 54.5 Å². The number of fused-ring (bicyclic) bond motifs is 1. The number of nitrogens with one attached hydrogen (secondary N) is 2. The SMILES string of the molecule is CN(C)[C@H](CNC(=O)NCc1ccsc1)Cc1cccc2c1OCO2. The van der Waals surface area contributed by atoms with E-state index in [1.54, 1.807) is 11.3 Å². The fourth-order valence-electron chi connectivity index (χ4n) is 2.69. The van der Waals surface area contributed by atoms with E-state index in [0.717, 1.165) is 29.0 Å². The number of amides is 2. The molecule has 2 heterocycles. The first-order valence-corrected chi connectivity index (χ1v) is 9.14. The lowest BCUT2D eigenvalue weighted by atomic mass is 10.0. The van der Waals surface area contributed by atoms with Crippen molar-refractivity contribution in [3.63, 3.8) is 0 Å². The van der Waals surface area contributed by atoms with Crippen LogP contribution in [-0.2, 0) is 13.0 Å². The van der Waals surface area contributed by atoms with Crippen LogP contribution >= 0.6 is 11.3 Å². The number of ether oxygens (including phenoxy) is 2. The maximum atomic E-state index is 12.0. The summed E-state index contributed by atoms with van der Waals surface area (Å²) in [4.78, 5) is 14.1. The minimum Gasteiger partial charge on any atom is -0.454 e. The van der Waals surface area contributed by atoms with Crippen molar-refractivity contribution in [1.29, 1.82) is 0 Å². The molecule has 6 nitrogen and oxygen atoms in total. The lowest BCUT2D eigenvalue weighted by molar-refractivity contribution is 0.172. The Labute approximate surface area is 151 Å². The van der Waals surface area contributed by atoms with Crippen LogP contribution in [-0.4, -0.2) is 44.4 Å². The molecule has 0 saturated heterocycles. The molecular formula is C18H23N3O3S. The van der Waals surface area contributed by atoms with Gasteiger partial charge in [-0.3, -0.25) is 0 Å². The van der Waals surface area contributed by atoms with Gasteiger partial charge in [0, 0.05) is 19.1 Å². The van der Waals surface area contributed by atoms with Gasteiger partial charge in [0.2, 0.25) is 6.79 Å². The molecule has 0 aliphatic carbocycles. The van der Waals surface area contributed by atoms with E-state index in [1.165, 1.54) is 0 Å². The minimum absolute atomic E-state index is 0.155. The molecule has 1 aromatic carbocycles. The number of carbonyl (C=O) groups excluding carboxylic acids is 1. The van der Waals surface area contributed by atoms with Crippen LogP contribution in [0.2, 0.25) is 0 Å². The number of hydrogen-bond donors (Lipinski definition) is 2. The van der Waals surface area contributed by atoms with Gasteiger partial charge >= 0.3 is 6.03 Å². The molecule has 0 fully saturated rings.